The monoisotopic (exact) mass is 272 g/mol. The van der Waals surface area contributed by atoms with Crippen molar-refractivity contribution in [2.45, 2.75) is 25.4 Å². The molecule has 0 amide bonds. The van der Waals surface area contributed by atoms with Crippen molar-refractivity contribution in [3.05, 3.63) is 34.3 Å². The van der Waals surface area contributed by atoms with Crippen molar-refractivity contribution in [3.8, 4) is 0 Å². The largest absolute Gasteiger partial charge is 0.479 e. The summed E-state index contributed by atoms with van der Waals surface area (Å²) < 4.78 is 0.983. The van der Waals surface area contributed by atoms with Gasteiger partial charge in [0.2, 0.25) is 0 Å². The number of aliphatic carboxylic acids is 1. The third-order valence-electron chi connectivity index (χ3n) is 2.27. The van der Waals surface area contributed by atoms with E-state index in [1.54, 1.807) is 0 Å². The summed E-state index contributed by atoms with van der Waals surface area (Å²) in [5.41, 5.74) is -0.632. The highest BCUT2D eigenvalue weighted by Gasteiger charge is 2.28. The molecule has 15 heavy (non-hydrogen) atoms. The van der Waals surface area contributed by atoms with E-state index in [1.807, 2.05) is 24.3 Å². The smallest absolute Gasteiger partial charge is 0.335 e. The first-order valence-electron chi connectivity index (χ1n) is 4.62. The number of halogens is 1. The molecule has 82 valence electrons. The molecule has 0 aliphatic heterocycles. The Morgan fingerprint density at radius 2 is 1.93 bits per heavy atom. The van der Waals surface area contributed by atoms with Crippen LogP contribution in [0.1, 0.15) is 18.9 Å². The molecule has 0 saturated heterocycles. The summed E-state index contributed by atoms with van der Waals surface area (Å²) in [6, 6.07) is 7.60. The van der Waals surface area contributed by atoms with Gasteiger partial charge in [-0.25, -0.2) is 4.79 Å². The van der Waals surface area contributed by atoms with Crippen LogP contribution in [0.4, 0.5) is 0 Å². The number of carboxylic acids is 1. The van der Waals surface area contributed by atoms with Crippen LogP contribution in [0.15, 0.2) is 28.7 Å². The van der Waals surface area contributed by atoms with Crippen molar-refractivity contribution in [2.24, 2.45) is 0 Å². The van der Waals surface area contributed by atoms with Crippen LogP contribution in [-0.2, 0) is 11.2 Å². The minimum absolute atomic E-state index is 0.212. The molecule has 0 bridgehead atoms. The van der Waals surface area contributed by atoms with Gasteiger partial charge in [-0.05, 0) is 37.5 Å². The lowest BCUT2D eigenvalue weighted by atomic mass is 9.97. The lowest BCUT2D eigenvalue weighted by Gasteiger charge is -2.17. The fourth-order valence-corrected chi connectivity index (χ4v) is 1.41. The summed E-state index contributed by atoms with van der Waals surface area (Å²) in [6.45, 7) is 1.31. The van der Waals surface area contributed by atoms with Crippen molar-refractivity contribution in [3.63, 3.8) is 0 Å². The molecule has 1 unspecified atom stereocenters. The molecule has 0 aliphatic carbocycles. The normalized spacial score (nSPS) is 14.6. The van der Waals surface area contributed by atoms with Crippen LogP contribution in [0.5, 0.6) is 0 Å². The number of carbonyl (C=O) groups is 1. The first-order chi connectivity index (χ1) is 6.92. The Kier molecular flexibility index (Phi) is 3.88. The van der Waals surface area contributed by atoms with Gasteiger partial charge in [0.25, 0.3) is 0 Å². The fraction of sp³-hybridized carbons (Fsp3) is 0.364. The summed E-state index contributed by atoms with van der Waals surface area (Å²) in [6.07, 6.45) is 0.760. The van der Waals surface area contributed by atoms with Crippen LogP contribution in [0, 0.1) is 0 Å². The average Bonchev–Trinajstić information content (AvgIpc) is 2.17. The van der Waals surface area contributed by atoms with Crippen molar-refractivity contribution in [1.29, 1.82) is 0 Å². The predicted molar refractivity (Wildman–Crippen MR) is 60.7 cm³/mol. The Bertz CT molecular complexity index is 343. The van der Waals surface area contributed by atoms with E-state index in [9.17, 15) is 9.90 Å². The summed E-state index contributed by atoms with van der Waals surface area (Å²) in [5, 5.41) is 18.2. The predicted octanol–water partition coefficient (Wildman–Crippen LogP) is 2.22. The van der Waals surface area contributed by atoms with Gasteiger partial charge in [0.1, 0.15) is 0 Å². The molecule has 4 heteroatoms. The first kappa shape index (κ1) is 12.2. The van der Waals surface area contributed by atoms with Gasteiger partial charge >= 0.3 is 5.97 Å². The molecular weight excluding hydrogens is 260 g/mol. The fourth-order valence-electron chi connectivity index (χ4n) is 1.15. The first-order valence-corrected chi connectivity index (χ1v) is 5.41. The molecule has 1 aromatic carbocycles. The summed E-state index contributed by atoms with van der Waals surface area (Å²) >= 11 is 3.32. The topological polar surface area (TPSA) is 57.5 Å². The molecule has 0 spiro atoms. The van der Waals surface area contributed by atoms with Crippen molar-refractivity contribution >= 4 is 21.9 Å². The van der Waals surface area contributed by atoms with E-state index in [2.05, 4.69) is 15.9 Å². The zero-order chi connectivity index (χ0) is 11.5. The van der Waals surface area contributed by atoms with E-state index in [0.29, 0.717) is 6.42 Å². The molecule has 0 radical (unpaired) electrons. The summed E-state index contributed by atoms with van der Waals surface area (Å²) in [4.78, 5) is 10.6. The van der Waals surface area contributed by atoms with E-state index in [4.69, 9.17) is 5.11 Å². The van der Waals surface area contributed by atoms with Gasteiger partial charge in [0, 0.05) is 4.47 Å². The molecule has 1 atom stereocenters. The van der Waals surface area contributed by atoms with Gasteiger partial charge in [-0.1, -0.05) is 28.1 Å². The third-order valence-corrected chi connectivity index (χ3v) is 2.80. The summed E-state index contributed by atoms with van der Waals surface area (Å²) in [7, 11) is 0. The SMILES string of the molecule is CC(O)(CCc1ccc(Br)cc1)C(=O)O. The van der Waals surface area contributed by atoms with Crippen LogP contribution in [0.2, 0.25) is 0 Å². The van der Waals surface area contributed by atoms with E-state index in [1.165, 1.54) is 6.92 Å². The lowest BCUT2D eigenvalue weighted by molar-refractivity contribution is -0.157. The maximum absolute atomic E-state index is 10.6. The molecule has 1 aromatic rings. The molecule has 0 heterocycles. The van der Waals surface area contributed by atoms with Crippen molar-refractivity contribution in [2.75, 3.05) is 0 Å². The highest BCUT2D eigenvalue weighted by molar-refractivity contribution is 9.10. The molecule has 0 aliphatic rings. The summed E-state index contributed by atoms with van der Waals surface area (Å²) in [5.74, 6) is -1.18. The van der Waals surface area contributed by atoms with Crippen LogP contribution < -0.4 is 0 Å². The zero-order valence-electron chi connectivity index (χ0n) is 8.40. The van der Waals surface area contributed by atoms with Gasteiger partial charge in [0.15, 0.2) is 5.60 Å². The lowest BCUT2D eigenvalue weighted by Crippen LogP contribution is -2.35. The Hall–Kier alpha value is -0.870. The van der Waals surface area contributed by atoms with Gasteiger partial charge in [-0.2, -0.15) is 0 Å². The number of benzene rings is 1. The number of rotatable bonds is 4. The van der Waals surface area contributed by atoms with Crippen LogP contribution >= 0.6 is 15.9 Å². The van der Waals surface area contributed by atoms with Crippen LogP contribution in [-0.4, -0.2) is 21.8 Å². The minimum Gasteiger partial charge on any atom is -0.479 e. The maximum atomic E-state index is 10.6. The molecule has 0 fully saturated rings. The molecule has 2 N–H and O–H groups in total. The number of hydrogen-bond acceptors (Lipinski definition) is 2. The Morgan fingerprint density at radius 1 is 1.40 bits per heavy atom. The average molecular weight is 273 g/mol. The van der Waals surface area contributed by atoms with Gasteiger partial charge in [-0.3, -0.25) is 0 Å². The third kappa shape index (κ3) is 3.64. The van der Waals surface area contributed by atoms with E-state index < -0.39 is 11.6 Å². The number of aryl methyl sites for hydroxylation is 1. The Labute approximate surface area is 96.9 Å². The number of hydrogen-bond donors (Lipinski definition) is 2. The number of aliphatic hydroxyl groups is 1. The van der Waals surface area contributed by atoms with Crippen LogP contribution in [0.25, 0.3) is 0 Å². The minimum atomic E-state index is -1.65. The number of carboxylic acid groups (broad SMARTS) is 1. The second-order valence-corrected chi connectivity index (χ2v) is 4.62. The second-order valence-electron chi connectivity index (χ2n) is 3.71. The molecule has 1 rings (SSSR count). The van der Waals surface area contributed by atoms with Crippen LogP contribution in [0.3, 0.4) is 0 Å². The molecule has 0 saturated carbocycles. The Morgan fingerprint density at radius 3 is 2.40 bits per heavy atom. The maximum Gasteiger partial charge on any atom is 0.335 e. The Balaban J connectivity index is 2.57. The van der Waals surface area contributed by atoms with Crippen molar-refractivity contribution in [1.82, 2.24) is 0 Å². The second kappa shape index (κ2) is 4.77. The van der Waals surface area contributed by atoms with E-state index in [-0.39, 0.29) is 6.42 Å². The highest BCUT2D eigenvalue weighted by atomic mass is 79.9. The van der Waals surface area contributed by atoms with Gasteiger partial charge in [-0.15, -0.1) is 0 Å². The van der Waals surface area contributed by atoms with Gasteiger partial charge in [0.05, 0.1) is 0 Å². The molecule has 3 nitrogen and oxygen atoms in total. The standard InChI is InChI=1S/C11H13BrO3/c1-11(15,10(13)14)7-6-8-2-4-9(12)5-3-8/h2-5,15H,6-7H2,1H3,(H,13,14). The highest BCUT2D eigenvalue weighted by Crippen LogP contribution is 2.16. The zero-order valence-corrected chi connectivity index (χ0v) is 9.99. The molecule has 0 aromatic heterocycles. The van der Waals surface area contributed by atoms with E-state index >= 15 is 0 Å². The quantitative estimate of drug-likeness (QED) is 0.884. The van der Waals surface area contributed by atoms with E-state index in [0.717, 1.165) is 10.0 Å². The van der Waals surface area contributed by atoms with Gasteiger partial charge < -0.3 is 10.2 Å². The molecular formula is C11H13BrO3. The van der Waals surface area contributed by atoms with Crippen molar-refractivity contribution < 1.29 is 15.0 Å².